The first kappa shape index (κ1) is 19.9. The topological polar surface area (TPSA) is 31.4 Å². The summed E-state index contributed by atoms with van der Waals surface area (Å²) in [6.45, 7) is 11.3. The quantitative estimate of drug-likeness (QED) is 0.719. The molecule has 0 amide bonds. The Hall–Kier alpha value is -1.85. The van der Waals surface area contributed by atoms with Gasteiger partial charge < -0.3 is 15.1 Å². The second-order valence-corrected chi connectivity index (χ2v) is 8.85. The van der Waals surface area contributed by atoms with E-state index >= 15 is 0 Å². The van der Waals surface area contributed by atoms with Crippen LogP contribution >= 0.6 is 23.8 Å². The predicted molar refractivity (Wildman–Crippen MR) is 119 cm³/mol. The van der Waals surface area contributed by atoms with E-state index in [1.165, 1.54) is 5.56 Å². The first-order valence-electron chi connectivity index (χ1n) is 9.29. The van der Waals surface area contributed by atoms with Crippen molar-refractivity contribution in [1.29, 1.82) is 0 Å². The summed E-state index contributed by atoms with van der Waals surface area (Å²) in [7, 11) is 0. The van der Waals surface area contributed by atoms with E-state index in [9.17, 15) is 0 Å². The maximum atomic E-state index is 6.30. The third-order valence-electron chi connectivity index (χ3n) is 4.93. The SMILES string of the molecule is C[C@H]1CN(c2ncccc2Cl)CCN1C(=S)Nc1ccc(C(C)(C)C)cc1. The zero-order chi connectivity index (χ0) is 19.6. The van der Waals surface area contributed by atoms with E-state index in [-0.39, 0.29) is 11.5 Å². The Balaban J connectivity index is 1.62. The van der Waals surface area contributed by atoms with Crippen LogP contribution in [0.15, 0.2) is 42.6 Å². The van der Waals surface area contributed by atoms with E-state index in [4.69, 9.17) is 23.8 Å². The number of hydrogen-bond donors (Lipinski definition) is 1. The van der Waals surface area contributed by atoms with Gasteiger partial charge in [0.05, 0.1) is 5.02 Å². The van der Waals surface area contributed by atoms with E-state index in [1.54, 1.807) is 6.20 Å². The summed E-state index contributed by atoms with van der Waals surface area (Å²) in [6, 6.07) is 12.5. The minimum Gasteiger partial charge on any atom is -0.352 e. The van der Waals surface area contributed by atoms with Crippen LogP contribution in [0.4, 0.5) is 11.5 Å². The molecule has 1 saturated heterocycles. The van der Waals surface area contributed by atoms with Gasteiger partial charge in [-0.25, -0.2) is 4.98 Å². The molecule has 1 N–H and O–H groups in total. The summed E-state index contributed by atoms with van der Waals surface area (Å²) >= 11 is 12.0. The first-order valence-corrected chi connectivity index (χ1v) is 10.1. The van der Waals surface area contributed by atoms with Crippen molar-refractivity contribution in [1.82, 2.24) is 9.88 Å². The van der Waals surface area contributed by atoms with Crippen molar-refractivity contribution in [2.45, 2.75) is 39.2 Å². The molecule has 1 atom stereocenters. The summed E-state index contributed by atoms with van der Waals surface area (Å²) in [4.78, 5) is 8.89. The summed E-state index contributed by atoms with van der Waals surface area (Å²) < 4.78 is 0. The zero-order valence-electron chi connectivity index (χ0n) is 16.4. The van der Waals surface area contributed by atoms with Crippen molar-refractivity contribution in [2.75, 3.05) is 29.9 Å². The molecule has 0 unspecified atom stereocenters. The fourth-order valence-corrected chi connectivity index (χ4v) is 3.94. The average molecular weight is 403 g/mol. The number of piperazine rings is 1. The largest absolute Gasteiger partial charge is 0.352 e. The van der Waals surface area contributed by atoms with Crippen molar-refractivity contribution in [2.24, 2.45) is 0 Å². The highest BCUT2D eigenvalue weighted by atomic mass is 35.5. The summed E-state index contributed by atoms with van der Waals surface area (Å²) in [5.41, 5.74) is 2.49. The van der Waals surface area contributed by atoms with Crippen LogP contribution in [0.5, 0.6) is 0 Å². The van der Waals surface area contributed by atoms with Crippen LogP contribution in [-0.2, 0) is 5.41 Å². The van der Waals surface area contributed by atoms with Crippen molar-refractivity contribution < 1.29 is 0 Å². The van der Waals surface area contributed by atoms with E-state index in [0.717, 1.165) is 36.3 Å². The Labute approximate surface area is 172 Å². The smallest absolute Gasteiger partial charge is 0.173 e. The van der Waals surface area contributed by atoms with Gasteiger partial charge in [-0.2, -0.15) is 0 Å². The molecule has 1 fully saturated rings. The van der Waals surface area contributed by atoms with Gasteiger partial charge in [-0.3, -0.25) is 0 Å². The predicted octanol–water partition coefficient (Wildman–Crippen LogP) is 4.94. The number of halogens is 1. The number of nitrogens with one attached hydrogen (secondary N) is 1. The Morgan fingerprint density at radius 1 is 1.19 bits per heavy atom. The van der Waals surface area contributed by atoms with Crippen LogP contribution in [0, 0.1) is 0 Å². The molecule has 1 aromatic heterocycles. The molecular formula is C21H27ClN4S. The van der Waals surface area contributed by atoms with Crippen molar-refractivity contribution in [3.05, 3.63) is 53.2 Å². The Bertz CT molecular complexity index is 801. The molecule has 1 aliphatic heterocycles. The average Bonchev–Trinajstić information content (AvgIpc) is 2.61. The second kappa shape index (κ2) is 8.03. The zero-order valence-corrected chi connectivity index (χ0v) is 17.9. The standard InChI is InChI=1S/C21H27ClN4S/c1-15-14-25(19-18(22)6-5-11-23-19)12-13-26(15)20(27)24-17-9-7-16(8-10-17)21(2,3)4/h5-11,15H,12-14H2,1-4H3,(H,24,27)/t15-/m0/s1. The molecular weight excluding hydrogens is 376 g/mol. The summed E-state index contributed by atoms with van der Waals surface area (Å²) in [6.07, 6.45) is 1.78. The third kappa shape index (κ3) is 4.71. The lowest BCUT2D eigenvalue weighted by molar-refractivity contribution is 0.301. The third-order valence-corrected chi connectivity index (χ3v) is 5.56. The number of benzene rings is 1. The molecule has 6 heteroatoms. The van der Waals surface area contributed by atoms with Gasteiger partial charge >= 0.3 is 0 Å². The van der Waals surface area contributed by atoms with Gasteiger partial charge in [0.1, 0.15) is 5.82 Å². The first-order chi connectivity index (χ1) is 12.8. The number of hydrogen-bond acceptors (Lipinski definition) is 3. The van der Waals surface area contributed by atoms with Crippen LogP contribution < -0.4 is 10.2 Å². The molecule has 27 heavy (non-hydrogen) atoms. The Morgan fingerprint density at radius 3 is 2.48 bits per heavy atom. The van der Waals surface area contributed by atoms with Gasteiger partial charge in [0.25, 0.3) is 0 Å². The van der Waals surface area contributed by atoms with Crippen LogP contribution in [0.25, 0.3) is 0 Å². The number of thiocarbonyl (C=S) groups is 1. The van der Waals surface area contributed by atoms with E-state index in [0.29, 0.717) is 5.02 Å². The molecule has 0 spiro atoms. The highest BCUT2D eigenvalue weighted by Crippen LogP contribution is 2.26. The van der Waals surface area contributed by atoms with Gasteiger partial charge in [-0.15, -0.1) is 0 Å². The van der Waals surface area contributed by atoms with Gasteiger partial charge in [-0.1, -0.05) is 44.5 Å². The summed E-state index contributed by atoms with van der Waals surface area (Å²) in [5, 5.41) is 4.84. The van der Waals surface area contributed by atoms with Crippen LogP contribution in [0.2, 0.25) is 5.02 Å². The maximum Gasteiger partial charge on any atom is 0.173 e. The molecule has 3 rings (SSSR count). The minimum absolute atomic E-state index is 0.149. The molecule has 2 heterocycles. The lowest BCUT2D eigenvalue weighted by Crippen LogP contribution is -2.55. The molecule has 1 aliphatic rings. The van der Waals surface area contributed by atoms with Crippen LogP contribution in [0.3, 0.4) is 0 Å². The number of nitrogens with zero attached hydrogens (tertiary/aromatic N) is 3. The van der Waals surface area contributed by atoms with Gasteiger partial charge in [0.15, 0.2) is 5.11 Å². The molecule has 0 saturated carbocycles. The van der Waals surface area contributed by atoms with Gasteiger partial charge in [0, 0.05) is 37.6 Å². The van der Waals surface area contributed by atoms with Crippen molar-refractivity contribution in [3.63, 3.8) is 0 Å². The maximum absolute atomic E-state index is 6.30. The van der Waals surface area contributed by atoms with E-state index in [2.05, 4.69) is 72.1 Å². The number of anilines is 2. The molecule has 144 valence electrons. The fraction of sp³-hybridized carbons (Fsp3) is 0.429. The molecule has 0 aliphatic carbocycles. The molecule has 0 bridgehead atoms. The highest BCUT2D eigenvalue weighted by Gasteiger charge is 2.27. The number of pyridine rings is 1. The lowest BCUT2D eigenvalue weighted by atomic mass is 9.87. The fourth-order valence-electron chi connectivity index (χ4n) is 3.31. The van der Waals surface area contributed by atoms with Gasteiger partial charge in [-0.05, 0) is 54.4 Å². The lowest BCUT2D eigenvalue weighted by Gasteiger charge is -2.41. The summed E-state index contributed by atoms with van der Waals surface area (Å²) in [5.74, 6) is 0.849. The number of aromatic nitrogens is 1. The molecule has 0 radical (unpaired) electrons. The molecule has 4 nitrogen and oxygen atoms in total. The minimum atomic E-state index is 0.149. The van der Waals surface area contributed by atoms with Gasteiger partial charge in [0.2, 0.25) is 0 Å². The van der Waals surface area contributed by atoms with Crippen LogP contribution in [0.1, 0.15) is 33.3 Å². The molecule has 1 aromatic carbocycles. The van der Waals surface area contributed by atoms with E-state index < -0.39 is 0 Å². The van der Waals surface area contributed by atoms with Crippen molar-refractivity contribution in [3.8, 4) is 0 Å². The van der Waals surface area contributed by atoms with E-state index in [1.807, 2.05) is 12.1 Å². The van der Waals surface area contributed by atoms with Crippen molar-refractivity contribution >= 4 is 40.4 Å². The highest BCUT2D eigenvalue weighted by molar-refractivity contribution is 7.80. The molecule has 2 aromatic rings. The Kier molecular flexibility index (Phi) is 5.92. The normalized spacial score (nSPS) is 17.7. The monoisotopic (exact) mass is 402 g/mol. The van der Waals surface area contributed by atoms with Crippen LogP contribution in [-0.4, -0.2) is 40.7 Å². The second-order valence-electron chi connectivity index (χ2n) is 8.05. The Morgan fingerprint density at radius 2 is 1.89 bits per heavy atom. The number of rotatable bonds is 2.